The highest BCUT2D eigenvalue weighted by molar-refractivity contribution is 7.98. The first-order valence-corrected chi connectivity index (χ1v) is 10.4. The number of hydrogen-bond donors (Lipinski definition) is 0. The molecule has 0 spiro atoms. The summed E-state index contributed by atoms with van der Waals surface area (Å²) in [6, 6.07) is 9.36. The maximum Gasteiger partial charge on any atom is 0.341 e. The summed E-state index contributed by atoms with van der Waals surface area (Å²) in [5, 5.41) is 1.35. The molecular weight excluding hydrogens is 376 g/mol. The van der Waals surface area contributed by atoms with Crippen molar-refractivity contribution in [3.63, 3.8) is 0 Å². The molecule has 0 radical (unpaired) electrons. The van der Waals surface area contributed by atoms with E-state index in [0.717, 1.165) is 25.7 Å². The Morgan fingerprint density at radius 1 is 1.32 bits per heavy atom. The number of thioether (sulfide) groups is 1. The number of ether oxygens (including phenoxy) is 1. The minimum atomic E-state index is -0.413. The van der Waals surface area contributed by atoms with E-state index in [0.29, 0.717) is 38.9 Å². The minimum Gasteiger partial charge on any atom is -0.465 e. The third kappa shape index (κ3) is 3.46. The highest BCUT2D eigenvalue weighted by Crippen LogP contribution is 2.33. The molecule has 0 saturated heterocycles. The van der Waals surface area contributed by atoms with Crippen LogP contribution in [0.5, 0.6) is 0 Å². The number of carbonyl (C=O) groups is 1. The Morgan fingerprint density at radius 3 is 2.82 bits per heavy atom. The van der Waals surface area contributed by atoms with Gasteiger partial charge in [-0.15, -0.1) is 0 Å². The molecule has 2 aromatic heterocycles. The maximum absolute atomic E-state index is 13.2. The number of fused-ring (bicyclic) bond motifs is 1. The van der Waals surface area contributed by atoms with Crippen molar-refractivity contribution in [3.05, 3.63) is 57.8 Å². The monoisotopic (exact) mass is 398 g/mol. The van der Waals surface area contributed by atoms with Crippen molar-refractivity contribution in [2.24, 2.45) is 0 Å². The average molecular weight is 398 g/mol. The molecule has 4 rings (SSSR count). The Bertz CT molecular complexity index is 1080. The Kier molecular flexibility index (Phi) is 5.26. The van der Waals surface area contributed by atoms with Crippen molar-refractivity contribution < 1.29 is 13.9 Å². The zero-order valence-corrected chi connectivity index (χ0v) is 16.8. The zero-order valence-electron chi connectivity index (χ0n) is 15.9. The van der Waals surface area contributed by atoms with Gasteiger partial charge >= 0.3 is 5.97 Å². The first-order valence-electron chi connectivity index (χ1n) is 9.40. The SMILES string of the molecule is COC(=O)c1cc(CSc2nc3ccccc3c(=O)n2C2CCCC2)oc1C. The van der Waals surface area contributed by atoms with Crippen LogP contribution in [-0.2, 0) is 10.5 Å². The van der Waals surface area contributed by atoms with Gasteiger partial charge in [0.25, 0.3) is 5.56 Å². The van der Waals surface area contributed by atoms with Crippen LogP contribution in [-0.4, -0.2) is 22.6 Å². The van der Waals surface area contributed by atoms with E-state index < -0.39 is 5.97 Å². The first kappa shape index (κ1) is 18.8. The summed E-state index contributed by atoms with van der Waals surface area (Å²) in [6.45, 7) is 1.74. The predicted octanol–water partition coefficient (Wildman–Crippen LogP) is 4.49. The van der Waals surface area contributed by atoms with Crippen molar-refractivity contribution in [2.75, 3.05) is 7.11 Å². The molecule has 0 N–H and O–H groups in total. The molecule has 3 aromatic rings. The van der Waals surface area contributed by atoms with E-state index in [1.165, 1.54) is 18.9 Å². The van der Waals surface area contributed by atoms with Crippen LogP contribution in [0.25, 0.3) is 10.9 Å². The van der Waals surface area contributed by atoms with Gasteiger partial charge in [0, 0.05) is 6.04 Å². The quantitative estimate of drug-likeness (QED) is 0.358. The summed E-state index contributed by atoms with van der Waals surface area (Å²) in [4.78, 5) is 29.7. The minimum absolute atomic E-state index is 0.0193. The summed E-state index contributed by atoms with van der Waals surface area (Å²) in [5.41, 5.74) is 1.15. The molecule has 1 aromatic carbocycles. The molecule has 1 fully saturated rings. The molecule has 7 heteroatoms. The van der Waals surface area contributed by atoms with Crippen LogP contribution in [0.3, 0.4) is 0 Å². The number of rotatable bonds is 5. The van der Waals surface area contributed by atoms with Crippen LogP contribution in [0.15, 0.2) is 44.7 Å². The van der Waals surface area contributed by atoms with Gasteiger partial charge in [0.05, 0.1) is 23.8 Å². The number of hydrogen-bond acceptors (Lipinski definition) is 6. The summed E-state index contributed by atoms with van der Waals surface area (Å²) in [5.74, 6) is 1.25. The second-order valence-electron chi connectivity index (χ2n) is 6.99. The lowest BCUT2D eigenvalue weighted by Crippen LogP contribution is -2.26. The lowest BCUT2D eigenvalue weighted by molar-refractivity contribution is 0.0599. The third-order valence-corrected chi connectivity index (χ3v) is 6.16. The highest BCUT2D eigenvalue weighted by atomic mass is 32.2. The number of aryl methyl sites for hydroxylation is 1. The molecule has 0 bridgehead atoms. The van der Waals surface area contributed by atoms with Gasteiger partial charge in [-0.25, -0.2) is 9.78 Å². The smallest absolute Gasteiger partial charge is 0.341 e. The van der Waals surface area contributed by atoms with E-state index in [1.807, 2.05) is 28.8 Å². The van der Waals surface area contributed by atoms with E-state index in [2.05, 4.69) is 0 Å². The lowest BCUT2D eigenvalue weighted by Gasteiger charge is -2.18. The van der Waals surface area contributed by atoms with E-state index >= 15 is 0 Å². The standard InChI is InChI=1S/C21H22N2O4S/c1-13-17(20(25)26-2)11-15(27-13)12-28-21-22-18-10-6-5-9-16(18)19(24)23(21)14-7-3-4-8-14/h5-6,9-11,14H,3-4,7-8,12H2,1-2H3. The largest absolute Gasteiger partial charge is 0.465 e. The van der Waals surface area contributed by atoms with E-state index in [9.17, 15) is 9.59 Å². The zero-order chi connectivity index (χ0) is 19.7. The van der Waals surface area contributed by atoms with Crippen LogP contribution in [0.2, 0.25) is 0 Å². The number of carbonyl (C=O) groups excluding carboxylic acids is 1. The molecule has 1 aliphatic rings. The molecule has 6 nitrogen and oxygen atoms in total. The Balaban J connectivity index is 1.69. The Hall–Kier alpha value is -2.54. The fourth-order valence-electron chi connectivity index (χ4n) is 3.77. The first-order chi connectivity index (χ1) is 13.6. The number of aromatic nitrogens is 2. The van der Waals surface area contributed by atoms with Crippen LogP contribution in [0, 0.1) is 6.92 Å². The third-order valence-electron chi connectivity index (χ3n) is 5.18. The topological polar surface area (TPSA) is 74.3 Å². The fraction of sp³-hybridized carbons (Fsp3) is 0.381. The summed E-state index contributed by atoms with van der Waals surface area (Å²) in [6.07, 6.45) is 4.27. The van der Waals surface area contributed by atoms with Crippen molar-refractivity contribution >= 4 is 28.6 Å². The summed E-state index contributed by atoms with van der Waals surface area (Å²) in [7, 11) is 1.35. The van der Waals surface area contributed by atoms with Crippen LogP contribution in [0.4, 0.5) is 0 Å². The molecule has 2 heterocycles. The molecular formula is C21H22N2O4S. The van der Waals surface area contributed by atoms with Gasteiger partial charge < -0.3 is 9.15 Å². The van der Waals surface area contributed by atoms with Crippen LogP contribution in [0.1, 0.15) is 53.6 Å². The van der Waals surface area contributed by atoms with Gasteiger partial charge in [0.1, 0.15) is 17.1 Å². The Morgan fingerprint density at radius 2 is 2.07 bits per heavy atom. The van der Waals surface area contributed by atoms with E-state index in [4.69, 9.17) is 14.1 Å². The van der Waals surface area contributed by atoms with Crippen molar-refractivity contribution in [1.29, 1.82) is 0 Å². The van der Waals surface area contributed by atoms with Crippen molar-refractivity contribution in [2.45, 2.75) is 49.6 Å². The van der Waals surface area contributed by atoms with Crippen molar-refractivity contribution in [3.8, 4) is 0 Å². The predicted molar refractivity (Wildman–Crippen MR) is 108 cm³/mol. The van der Waals surface area contributed by atoms with Gasteiger partial charge in [-0.3, -0.25) is 9.36 Å². The number of methoxy groups -OCH3 is 1. The van der Waals surface area contributed by atoms with Gasteiger partial charge in [-0.05, 0) is 38.0 Å². The number of nitrogens with zero attached hydrogens (tertiary/aromatic N) is 2. The van der Waals surface area contributed by atoms with Gasteiger partial charge in [-0.2, -0.15) is 0 Å². The number of para-hydroxylation sites is 1. The van der Waals surface area contributed by atoms with Crippen LogP contribution >= 0.6 is 11.8 Å². The van der Waals surface area contributed by atoms with Gasteiger partial charge in [0.15, 0.2) is 5.16 Å². The molecule has 0 amide bonds. The molecule has 28 heavy (non-hydrogen) atoms. The highest BCUT2D eigenvalue weighted by Gasteiger charge is 2.23. The number of esters is 1. The van der Waals surface area contributed by atoms with Crippen molar-refractivity contribution in [1.82, 2.24) is 9.55 Å². The Labute approximate surface area is 166 Å². The van der Waals surface area contributed by atoms with E-state index in [1.54, 1.807) is 13.0 Å². The fourth-order valence-corrected chi connectivity index (χ4v) is 4.72. The molecule has 0 atom stereocenters. The van der Waals surface area contributed by atoms with Gasteiger partial charge in [0.2, 0.25) is 0 Å². The number of furan rings is 1. The molecule has 0 aliphatic heterocycles. The average Bonchev–Trinajstić information content (AvgIpc) is 3.35. The second-order valence-corrected chi connectivity index (χ2v) is 7.93. The molecule has 1 saturated carbocycles. The normalized spacial score (nSPS) is 14.6. The molecule has 0 unspecified atom stereocenters. The molecule has 146 valence electrons. The number of benzene rings is 1. The second kappa shape index (κ2) is 7.83. The lowest BCUT2D eigenvalue weighted by atomic mass is 10.2. The maximum atomic E-state index is 13.2. The van der Waals surface area contributed by atoms with Gasteiger partial charge in [-0.1, -0.05) is 36.7 Å². The van der Waals surface area contributed by atoms with Crippen LogP contribution < -0.4 is 5.56 Å². The molecule has 1 aliphatic carbocycles. The summed E-state index contributed by atoms with van der Waals surface area (Å²) < 4.78 is 12.3. The summed E-state index contributed by atoms with van der Waals surface area (Å²) >= 11 is 1.46. The van der Waals surface area contributed by atoms with E-state index in [-0.39, 0.29) is 11.6 Å².